The zero-order chi connectivity index (χ0) is 11.7. The van der Waals surface area contributed by atoms with Crippen LogP contribution in [0.4, 0.5) is 0 Å². The number of hydrogen-bond acceptors (Lipinski definition) is 2. The third-order valence-corrected chi connectivity index (χ3v) is 2.91. The first-order chi connectivity index (χ1) is 7.59. The molecule has 84 valence electrons. The summed E-state index contributed by atoms with van der Waals surface area (Å²) in [5.41, 5.74) is 10.8. The zero-order valence-corrected chi connectivity index (χ0v) is 9.94. The molecule has 0 fully saturated rings. The van der Waals surface area contributed by atoms with E-state index in [1.54, 1.807) is 4.68 Å². The highest BCUT2D eigenvalue weighted by Crippen LogP contribution is 2.24. The molecule has 2 aromatic rings. The molecule has 0 aliphatic carbocycles. The lowest BCUT2D eigenvalue weighted by atomic mass is 9.95. The predicted molar refractivity (Wildman–Crippen MR) is 65.2 cm³/mol. The van der Waals surface area contributed by atoms with Crippen LogP contribution in [0, 0.1) is 13.8 Å². The molecular formula is C13H17N3. The highest BCUT2D eigenvalue weighted by molar-refractivity contribution is 5.39. The van der Waals surface area contributed by atoms with Gasteiger partial charge in [0.2, 0.25) is 0 Å². The molecule has 0 aliphatic rings. The van der Waals surface area contributed by atoms with E-state index in [0.717, 1.165) is 5.69 Å². The maximum absolute atomic E-state index is 6.26. The topological polar surface area (TPSA) is 43.8 Å². The number of nitrogens with two attached hydrogens (primary N) is 1. The van der Waals surface area contributed by atoms with Crippen molar-refractivity contribution in [3.05, 3.63) is 52.8 Å². The summed E-state index contributed by atoms with van der Waals surface area (Å²) in [6.07, 6.45) is 1.92. The van der Waals surface area contributed by atoms with Gasteiger partial charge in [0.25, 0.3) is 0 Å². The van der Waals surface area contributed by atoms with Crippen LogP contribution in [0.15, 0.2) is 30.5 Å². The number of aromatic nitrogens is 2. The standard InChI is InChI=1S/C13H17N3/c1-9-5-4-6-10(2)12(9)13(14)11-7-8-16(3)15-11/h4-8,13H,14H2,1-3H3. The Morgan fingerprint density at radius 2 is 1.81 bits per heavy atom. The number of benzene rings is 1. The fourth-order valence-electron chi connectivity index (χ4n) is 2.06. The summed E-state index contributed by atoms with van der Waals surface area (Å²) < 4.78 is 1.78. The highest BCUT2D eigenvalue weighted by atomic mass is 15.3. The van der Waals surface area contributed by atoms with E-state index in [4.69, 9.17) is 5.73 Å². The molecule has 0 spiro atoms. The van der Waals surface area contributed by atoms with Crippen molar-refractivity contribution in [3.8, 4) is 0 Å². The van der Waals surface area contributed by atoms with Crippen molar-refractivity contribution in [2.24, 2.45) is 12.8 Å². The van der Waals surface area contributed by atoms with Crippen LogP contribution < -0.4 is 5.73 Å². The van der Waals surface area contributed by atoms with E-state index in [9.17, 15) is 0 Å². The maximum atomic E-state index is 6.26. The summed E-state index contributed by atoms with van der Waals surface area (Å²) in [5, 5.41) is 4.36. The molecule has 16 heavy (non-hydrogen) atoms. The van der Waals surface area contributed by atoms with Crippen LogP contribution in [0.5, 0.6) is 0 Å². The lowest BCUT2D eigenvalue weighted by molar-refractivity contribution is 0.712. The number of nitrogens with zero attached hydrogens (tertiary/aromatic N) is 2. The second-order valence-electron chi connectivity index (χ2n) is 4.20. The van der Waals surface area contributed by atoms with E-state index in [1.807, 2.05) is 19.3 Å². The van der Waals surface area contributed by atoms with Crippen molar-refractivity contribution in [2.45, 2.75) is 19.9 Å². The van der Waals surface area contributed by atoms with Crippen LogP contribution in [0.3, 0.4) is 0 Å². The van der Waals surface area contributed by atoms with Gasteiger partial charge in [-0.1, -0.05) is 18.2 Å². The average Bonchev–Trinajstić information content (AvgIpc) is 2.64. The molecule has 0 radical (unpaired) electrons. The second kappa shape index (κ2) is 4.10. The van der Waals surface area contributed by atoms with E-state index in [-0.39, 0.29) is 6.04 Å². The van der Waals surface area contributed by atoms with Crippen LogP contribution in [0.25, 0.3) is 0 Å². The van der Waals surface area contributed by atoms with Gasteiger partial charge < -0.3 is 5.73 Å². The van der Waals surface area contributed by atoms with Crippen molar-refractivity contribution in [3.63, 3.8) is 0 Å². The van der Waals surface area contributed by atoms with E-state index in [2.05, 4.69) is 37.1 Å². The normalized spacial score (nSPS) is 12.8. The zero-order valence-electron chi connectivity index (χ0n) is 9.94. The molecule has 3 nitrogen and oxygen atoms in total. The Bertz CT molecular complexity index is 479. The fraction of sp³-hybridized carbons (Fsp3) is 0.308. The van der Waals surface area contributed by atoms with Crippen molar-refractivity contribution in [2.75, 3.05) is 0 Å². The predicted octanol–water partition coefficient (Wildman–Crippen LogP) is 2.09. The van der Waals surface area contributed by atoms with Gasteiger partial charge in [0.15, 0.2) is 0 Å². The summed E-state index contributed by atoms with van der Waals surface area (Å²) in [6.45, 7) is 4.18. The lowest BCUT2D eigenvalue weighted by Gasteiger charge is -2.15. The minimum atomic E-state index is -0.137. The molecule has 0 aliphatic heterocycles. The Labute approximate surface area is 95.9 Å². The quantitative estimate of drug-likeness (QED) is 0.833. The number of rotatable bonds is 2. The van der Waals surface area contributed by atoms with E-state index in [1.165, 1.54) is 16.7 Å². The highest BCUT2D eigenvalue weighted by Gasteiger charge is 2.15. The molecule has 0 saturated carbocycles. The number of aryl methyl sites for hydroxylation is 3. The van der Waals surface area contributed by atoms with Crippen LogP contribution in [0.2, 0.25) is 0 Å². The Morgan fingerprint density at radius 3 is 2.31 bits per heavy atom. The molecule has 3 heteroatoms. The summed E-state index contributed by atoms with van der Waals surface area (Å²) in [7, 11) is 1.90. The molecular weight excluding hydrogens is 198 g/mol. The Balaban J connectivity index is 2.45. The van der Waals surface area contributed by atoms with Crippen LogP contribution >= 0.6 is 0 Å². The van der Waals surface area contributed by atoms with E-state index >= 15 is 0 Å². The van der Waals surface area contributed by atoms with Crippen LogP contribution in [-0.2, 0) is 7.05 Å². The van der Waals surface area contributed by atoms with Crippen LogP contribution in [0.1, 0.15) is 28.4 Å². The van der Waals surface area contributed by atoms with Gasteiger partial charge >= 0.3 is 0 Å². The molecule has 2 rings (SSSR count). The Hall–Kier alpha value is -1.61. The van der Waals surface area contributed by atoms with Crippen molar-refractivity contribution in [1.82, 2.24) is 9.78 Å². The largest absolute Gasteiger partial charge is 0.319 e. The lowest BCUT2D eigenvalue weighted by Crippen LogP contribution is -2.15. The first-order valence-electron chi connectivity index (χ1n) is 5.41. The molecule has 0 saturated heterocycles. The summed E-state index contributed by atoms with van der Waals surface area (Å²) in [6, 6.07) is 8.06. The smallest absolute Gasteiger partial charge is 0.0837 e. The third-order valence-electron chi connectivity index (χ3n) is 2.91. The molecule has 1 atom stereocenters. The molecule has 1 unspecified atom stereocenters. The molecule has 0 amide bonds. The first-order valence-corrected chi connectivity index (χ1v) is 5.41. The minimum Gasteiger partial charge on any atom is -0.319 e. The third kappa shape index (κ3) is 1.86. The summed E-state index contributed by atoms with van der Waals surface area (Å²) >= 11 is 0. The van der Waals surface area contributed by atoms with E-state index < -0.39 is 0 Å². The SMILES string of the molecule is Cc1cccc(C)c1C(N)c1ccn(C)n1. The van der Waals surface area contributed by atoms with Gasteiger partial charge in [-0.2, -0.15) is 5.10 Å². The van der Waals surface area contributed by atoms with E-state index in [0.29, 0.717) is 0 Å². The summed E-state index contributed by atoms with van der Waals surface area (Å²) in [5.74, 6) is 0. The molecule has 1 heterocycles. The second-order valence-corrected chi connectivity index (χ2v) is 4.20. The van der Waals surface area contributed by atoms with Gasteiger partial charge in [0, 0.05) is 13.2 Å². The van der Waals surface area contributed by atoms with Crippen LogP contribution in [-0.4, -0.2) is 9.78 Å². The van der Waals surface area contributed by atoms with Gasteiger partial charge in [-0.15, -0.1) is 0 Å². The Morgan fingerprint density at radius 1 is 1.19 bits per heavy atom. The van der Waals surface area contributed by atoms with Crippen molar-refractivity contribution < 1.29 is 0 Å². The monoisotopic (exact) mass is 215 g/mol. The van der Waals surface area contributed by atoms with Gasteiger partial charge in [-0.25, -0.2) is 0 Å². The Kier molecular flexibility index (Phi) is 2.79. The maximum Gasteiger partial charge on any atom is 0.0837 e. The fourth-order valence-corrected chi connectivity index (χ4v) is 2.06. The molecule has 0 bridgehead atoms. The van der Waals surface area contributed by atoms with Crippen molar-refractivity contribution >= 4 is 0 Å². The van der Waals surface area contributed by atoms with Gasteiger partial charge in [0.1, 0.15) is 0 Å². The summed E-state index contributed by atoms with van der Waals surface area (Å²) in [4.78, 5) is 0. The minimum absolute atomic E-state index is 0.137. The average molecular weight is 215 g/mol. The van der Waals surface area contributed by atoms with Crippen molar-refractivity contribution in [1.29, 1.82) is 0 Å². The first kappa shape index (κ1) is 10.9. The molecule has 1 aromatic heterocycles. The van der Waals surface area contributed by atoms with Gasteiger partial charge in [-0.05, 0) is 36.6 Å². The molecule has 1 aromatic carbocycles. The van der Waals surface area contributed by atoms with Gasteiger partial charge in [-0.3, -0.25) is 4.68 Å². The van der Waals surface area contributed by atoms with Gasteiger partial charge in [0.05, 0.1) is 11.7 Å². The number of hydrogen-bond donors (Lipinski definition) is 1. The molecule has 2 N–H and O–H groups in total.